The number of rotatable bonds is 10. The number of ketones is 2. The number of nitrogens with zero attached hydrogens (tertiary/aromatic N) is 4. The highest BCUT2D eigenvalue weighted by atomic mass is 19.1. The van der Waals surface area contributed by atoms with Crippen molar-refractivity contribution in [3.63, 3.8) is 0 Å². The quantitative estimate of drug-likeness (QED) is 0.121. The van der Waals surface area contributed by atoms with Gasteiger partial charge >= 0.3 is 0 Å². The van der Waals surface area contributed by atoms with Crippen molar-refractivity contribution in [2.75, 3.05) is 26.2 Å². The minimum Gasteiger partial charge on any atom is -0.508 e. The summed E-state index contributed by atoms with van der Waals surface area (Å²) in [6.07, 6.45) is 5.66. The Kier molecular flexibility index (Phi) is 10.0. The van der Waals surface area contributed by atoms with Gasteiger partial charge in [-0.25, -0.2) is 14.4 Å². The highest BCUT2D eigenvalue weighted by Crippen LogP contribution is 2.47. The molecule has 294 valence electrons. The molecule has 2 aliphatic heterocycles. The molecular formula is C46H41FN4O7. The van der Waals surface area contributed by atoms with Gasteiger partial charge in [-0.05, 0) is 102 Å². The number of aromatic nitrogens is 2. The lowest BCUT2D eigenvalue weighted by Crippen LogP contribution is -2.47. The molecule has 9 rings (SSSR count). The molecule has 1 aromatic heterocycles. The van der Waals surface area contributed by atoms with Crippen molar-refractivity contribution < 1.29 is 38.1 Å². The van der Waals surface area contributed by atoms with E-state index in [4.69, 9.17) is 9.47 Å². The van der Waals surface area contributed by atoms with E-state index in [1.807, 2.05) is 36.4 Å². The summed E-state index contributed by atoms with van der Waals surface area (Å²) in [6, 6.07) is 24.6. The van der Waals surface area contributed by atoms with Gasteiger partial charge in [0.1, 0.15) is 35.8 Å². The highest BCUT2D eigenvalue weighted by molar-refractivity contribution is 6.24. The number of phenols is 1. The van der Waals surface area contributed by atoms with Gasteiger partial charge in [0.25, 0.3) is 11.8 Å². The van der Waals surface area contributed by atoms with Crippen molar-refractivity contribution in [1.29, 1.82) is 0 Å². The minimum atomic E-state index is -0.921. The number of carbonyl (C=O) groups excluding carboxylic acids is 4. The van der Waals surface area contributed by atoms with Crippen LogP contribution in [0, 0.1) is 5.82 Å². The molecule has 58 heavy (non-hydrogen) atoms. The summed E-state index contributed by atoms with van der Waals surface area (Å²) in [6.45, 7) is 2.79. The van der Waals surface area contributed by atoms with Crippen LogP contribution in [0.15, 0.2) is 97.3 Å². The van der Waals surface area contributed by atoms with Gasteiger partial charge in [0.2, 0.25) is 5.88 Å². The van der Waals surface area contributed by atoms with Gasteiger partial charge in [-0.2, -0.15) is 0 Å². The molecular weight excluding hydrogens is 740 g/mol. The van der Waals surface area contributed by atoms with Crippen LogP contribution >= 0.6 is 0 Å². The number of carbonyl (C=O) groups is 4. The van der Waals surface area contributed by atoms with Crippen molar-refractivity contribution in [3.8, 4) is 28.6 Å². The van der Waals surface area contributed by atoms with E-state index < -0.39 is 23.6 Å². The monoisotopic (exact) mass is 780 g/mol. The van der Waals surface area contributed by atoms with Crippen molar-refractivity contribution in [2.24, 2.45) is 0 Å². The maximum absolute atomic E-state index is 13.8. The number of benzene rings is 4. The molecule has 5 aromatic rings. The number of hydrogen-bond donors (Lipinski definition) is 1. The second kappa shape index (κ2) is 15.6. The summed E-state index contributed by atoms with van der Waals surface area (Å²) in [4.78, 5) is 62.9. The smallest absolute Gasteiger partial charge is 0.262 e. The van der Waals surface area contributed by atoms with Gasteiger partial charge in [0.05, 0.1) is 41.7 Å². The van der Waals surface area contributed by atoms with E-state index in [0.717, 1.165) is 59.7 Å². The fourth-order valence-electron chi connectivity index (χ4n) is 8.98. The molecule has 3 heterocycles. The van der Waals surface area contributed by atoms with E-state index in [-0.39, 0.29) is 65.7 Å². The number of halogens is 1. The molecule has 4 aliphatic rings. The number of amides is 2. The second-order valence-electron chi connectivity index (χ2n) is 15.5. The standard InChI is InChI=1S/C46H41FN4O7/c47-31-7-1-27(2-8-31)36-13-5-29-21-32(52)9-15-37(29)44(36)28-3-11-34(12-4-28)57-20-19-50-18-17-35(26-50)58-43-25-48-40(24-49-43)30-6-14-38-39(22-30)46(56)51(45(38)55)41-16-10-33(53)23-42(41)54/h1-4,6-9,11-12,14-15,21-22,24-25,35-36,41,44,52H,5,10,13,16-20,23,26H2/t35-,36-,41?,44+/m1/s1. The van der Waals surface area contributed by atoms with Crippen LogP contribution in [-0.2, 0) is 16.0 Å². The Morgan fingerprint density at radius 1 is 0.793 bits per heavy atom. The van der Waals surface area contributed by atoms with Gasteiger partial charge in [-0.3, -0.25) is 29.0 Å². The molecule has 0 radical (unpaired) electrons. The van der Waals surface area contributed by atoms with E-state index >= 15 is 0 Å². The Hall–Kier alpha value is -6.27. The molecule has 2 aliphatic carbocycles. The molecule has 4 aromatic carbocycles. The molecule has 12 heteroatoms. The number of Topliss-reactive ketones (excluding diaryl/α,β-unsaturated/α-hetero) is 2. The Morgan fingerprint density at radius 3 is 2.36 bits per heavy atom. The first-order valence-corrected chi connectivity index (χ1v) is 19.8. The summed E-state index contributed by atoms with van der Waals surface area (Å²) in [7, 11) is 0. The number of ether oxygens (including phenoxy) is 2. The SMILES string of the molecule is O=C1CCC(N2C(=O)c3ccc(-c4cnc(O[C@@H]5CCN(CCOc6ccc([C@@H]7c8ccc(O)cc8CC[C@@H]7c7ccc(F)cc7)cc6)C5)cn4)cc3C2=O)C(=O)C1. The van der Waals surface area contributed by atoms with Crippen LogP contribution < -0.4 is 9.47 Å². The third-order valence-electron chi connectivity index (χ3n) is 11.9. The predicted octanol–water partition coefficient (Wildman–Crippen LogP) is 6.67. The highest BCUT2D eigenvalue weighted by Gasteiger charge is 2.44. The molecule has 11 nitrogen and oxygen atoms in total. The van der Waals surface area contributed by atoms with Crippen LogP contribution in [0.2, 0.25) is 0 Å². The molecule has 2 fully saturated rings. The third-order valence-corrected chi connectivity index (χ3v) is 11.9. The molecule has 0 bridgehead atoms. The number of aryl methyl sites for hydroxylation is 1. The minimum absolute atomic E-state index is 0.0600. The summed E-state index contributed by atoms with van der Waals surface area (Å²) < 4.78 is 26.1. The van der Waals surface area contributed by atoms with Crippen molar-refractivity contribution >= 4 is 23.4 Å². The number of imide groups is 1. The van der Waals surface area contributed by atoms with E-state index in [1.165, 1.54) is 17.7 Å². The number of phenolic OH excluding ortho intramolecular Hbond substituents is 1. The number of aromatic hydroxyl groups is 1. The number of hydrogen-bond acceptors (Lipinski definition) is 10. The summed E-state index contributed by atoms with van der Waals surface area (Å²) in [5.74, 6) is -0.238. The third kappa shape index (κ3) is 7.35. The first kappa shape index (κ1) is 37.3. The van der Waals surface area contributed by atoms with Crippen LogP contribution in [0.3, 0.4) is 0 Å². The Labute approximate surface area is 334 Å². The summed E-state index contributed by atoms with van der Waals surface area (Å²) in [5, 5.41) is 10.2. The van der Waals surface area contributed by atoms with E-state index in [2.05, 4.69) is 27.0 Å². The molecule has 1 saturated carbocycles. The normalized spacial score (nSPS) is 21.9. The number of likely N-dealkylation sites (tertiary alicyclic amines) is 1. The second-order valence-corrected chi connectivity index (χ2v) is 15.5. The van der Waals surface area contributed by atoms with Gasteiger partial charge in [-0.1, -0.05) is 36.4 Å². The fourth-order valence-corrected chi connectivity index (χ4v) is 8.98. The molecule has 1 N–H and O–H groups in total. The lowest BCUT2D eigenvalue weighted by atomic mass is 9.69. The maximum Gasteiger partial charge on any atom is 0.262 e. The first-order valence-electron chi connectivity index (χ1n) is 19.8. The Balaban J connectivity index is 0.778. The van der Waals surface area contributed by atoms with E-state index in [1.54, 1.807) is 36.7 Å². The lowest BCUT2D eigenvalue weighted by molar-refractivity contribution is -0.132. The van der Waals surface area contributed by atoms with Crippen LogP contribution in [0.4, 0.5) is 4.39 Å². The van der Waals surface area contributed by atoms with Crippen LogP contribution in [0.5, 0.6) is 17.4 Å². The zero-order valence-corrected chi connectivity index (χ0v) is 31.7. The Bertz CT molecular complexity index is 2400. The largest absolute Gasteiger partial charge is 0.508 e. The van der Waals surface area contributed by atoms with Gasteiger partial charge in [0.15, 0.2) is 5.78 Å². The zero-order chi connectivity index (χ0) is 39.9. The molecule has 0 spiro atoms. The molecule has 2 amide bonds. The topological polar surface area (TPSA) is 139 Å². The summed E-state index contributed by atoms with van der Waals surface area (Å²) >= 11 is 0. The first-order chi connectivity index (χ1) is 28.2. The van der Waals surface area contributed by atoms with Crippen LogP contribution in [0.1, 0.15) is 86.9 Å². The predicted molar refractivity (Wildman–Crippen MR) is 210 cm³/mol. The maximum atomic E-state index is 13.8. The lowest BCUT2D eigenvalue weighted by Gasteiger charge is -2.35. The van der Waals surface area contributed by atoms with E-state index in [0.29, 0.717) is 30.3 Å². The van der Waals surface area contributed by atoms with Gasteiger partial charge in [-0.15, -0.1) is 0 Å². The van der Waals surface area contributed by atoms with Crippen molar-refractivity contribution in [3.05, 3.63) is 137 Å². The average Bonchev–Trinajstić information content (AvgIpc) is 3.78. The molecule has 1 unspecified atom stereocenters. The Morgan fingerprint density at radius 2 is 1.59 bits per heavy atom. The molecule has 4 atom stereocenters. The van der Waals surface area contributed by atoms with Crippen LogP contribution in [0.25, 0.3) is 11.3 Å². The van der Waals surface area contributed by atoms with Crippen molar-refractivity contribution in [1.82, 2.24) is 19.8 Å². The molecule has 1 saturated heterocycles. The fraction of sp³-hybridized carbons (Fsp3) is 0.304. The zero-order valence-electron chi connectivity index (χ0n) is 31.7. The van der Waals surface area contributed by atoms with Crippen LogP contribution in [-0.4, -0.2) is 86.6 Å². The van der Waals surface area contributed by atoms with Gasteiger partial charge < -0.3 is 14.6 Å². The number of fused-ring (bicyclic) bond motifs is 2. The van der Waals surface area contributed by atoms with E-state index in [9.17, 15) is 28.7 Å². The average molecular weight is 781 g/mol. The van der Waals surface area contributed by atoms with Gasteiger partial charge in [0, 0.05) is 37.5 Å². The summed E-state index contributed by atoms with van der Waals surface area (Å²) in [5.41, 5.74) is 6.08. The van der Waals surface area contributed by atoms with Crippen molar-refractivity contribution in [2.45, 2.75) is 62.5 Å².